The lowest BCUT2D eigenvalue weighted by atomic mass is 10.2. The molecule has 0 bridgehead atoms. The Balaban J connectivity index is 1.37. The lowest BCUT2D eigenvalue weighted by Gasteiger charge is -2.35. The van der Waals surface area contributed by atoms with E-state index < -0.39 is 10.0 Å². The van der Waals surface area contributed by atoms with Gasteiger partial charge in [-0.1, -0.05) is 12.6 Å². The molecule has 3 heterocycles. The number of amides is 1. The van der Waals surface area contributed by atoms with Crippen LogP contribution >= 0.6 is 0 Å². The van der Waals surface area contributed by atoms with E-state index in [-0.39, 0.29) is 5.91 Å². The van der Waals surface area contributed by atoms with E-state index in [1.54, 1.807) is 25.7 Å². The summed E-state index contributed by atoms with van der Waals surface area (Å²) < 4.78 is 32.6. The monoisotopic (exact) mass is 548 g/mol. The molecule has 12 nitrogen and oxygen atoms in total. The van der Waals surface area contributed by atoms with E-state index in [0.29, 0.717) is 60.4 Å². The summed E-state index contributed by atoms with van der Waals surface area (Å²) in [6.07, 6.45) is 5.73. The number of nitrogens with zero attached hydrogens (tertiary/aromatic N) is 6. The average Bonchev–Trinajstić information content (AvgIpc) is 3.36. The largest absolute Gasteiger partial charge is 0.494 e. The molecule has 0 atom stereocenters. The van der Waals surface area contributed by atoms with E-state index in [0.717, 1.165) is 11.4 Å². The van der Waals surface area contributed by atoms with Crippen molar-refractivity contribution in [1.29, 1.82) is 0 Å². The van der Waals surface area contributed by atoms with Gasteiger partial charge in [-0.2, -0.15) is 9.29 Å². The fourth-order valence-electron chi connectivity index (χ4n) is 4.36. The van der Waals surface area contributed by atoms with Crippen molar-refractivity contribution in [2.45, 2.75) is 0 Å². The number of fused-ring (bicyclic) bond motifs is 1. The lowest BCUT2D eigenvalue weighted by molar-refractivity contribution is -0.111. The van der Waals surface area contributed by atoms with Crippen molar-refractivity contribution < 1.29 is 17.9 Å². The number of carbonyl (C=O) groups is 1. The van der Waals surface area contributed by atoms with E-state index in [1.165, 1.54) is 16.6 Å². The van der Waals surface area contributed by atoms with Crippen molar-refractivity contribution in [3.63, 3.8) is 0 Å². The molecule has 2 N–H and O–H groups in total. The van der Waals surface area contributed by atoms with Crippen LogP contribution in [0.3, 0.4) is 0 Å². The van der Waals surface area contributed by atoms with Gasteiger partial charge in [0.1, 0.15) is 17.6 Å². The fourth-order valence-corrected chi connectivity index (χ4v) is 5.19. The normalized spacial score (nSPS) is 14.3. The van der Waals surface area contributed by atoms with Crippen molar-refractivity contribution in [1.82, 2.24) is 23.8 Å². The number of ether oxygens (including phenoxy) is 1. The van der Waals surface area contributed by atoms with Crippen LogP contribution < -0.4 is 20.3 Å². The van der Waals surface area contributed by atoms with Crippen molar-refractivity contribution in [2.24, 2.45) is 0 Å². The first-order valence-electron chi connectivity index (χ1n) is 12.1. The maximum absolute atomic E-state index is 11.8. The van der Waals surface area contributed by atoms with Gasteiger partial charge in [0.2, 0.25) is 21.9 Å². The molecule has 5 rings (SSSR count). The number of hydrogen-bond acceptors (Lipinski definition) is 9. The fraction of sp³-hybridized carbons (Fsp3) is 0.231. The van der Waals surface area contributed by atoms with Gasteiger partial charge in [-0.05, 0) is 36.4 Å². The maximum Gasteiger partial charge on any atom is 0.247 e. The number of benzene rings is 2. The predicted molar refractivity (Wildman–Crippen MR) is 150 cm³/mol. The highest BCUT2D eigenvalue weighted by Crippen LogP contribution is 2.32. The molecule has 1 aliphatic heterocycles. The molecule has 2 aromatic carbocycles. The highest BCUT2D eigenvalue weighted by molar-refractivity contribution is 7.88. The van der Waals surface area contributed by atoms with Gasteiger partial charge in [-0.3, -0.25) is 9.36 Å². The van der Waals surface area contributed by atoms with Crippen LogP contribution in [0.25, 0.3) is 16.9 Å². The molecule has 1 aliphatic rings. The van der Waals surface area contributed by atoms with E-state index >= 15 is 0 Å². The molecule has 2 aromatic heterocycles. The molecule has 0 spiro atoms. The van der Waals surface area contributed by atoms with E-state index in [2.05, 4.69) is 37.1 Å². The summed E-state index contributed by atoms with van der Waals surface area (Å²) in [5.41, 5.74) is 4.19. The summed E-state index contributed by atoms with van der Waals surface area (Å²) >= 11 is 0. The molecule has 39 heavy (non-hydrogen) atoms. The van der Waals surface area contributed by atoms with Gasteiger partial charge >= 0.3 is 0 Å². The summed E-state index contributed by atoms with van der Waals surface area (Å²) in [6.45, 7) is 5.53. The first-order valence-corrected chi connectivity index (χ1v) is 14.0. The molecular formula is C26H28N8O4S. The summed E-state index contributed by atoms with van der Waals surface area (Å²) in [4.78, 5) is 27.3. The first-order chi connectivity index (χ1) is 18.7. The Bertz CT molecular complexity index is 1640. The quantitative estimate of drug-likeness (QED) is 0.319. The molecule has 1 fully saturated rings. The van der Waals surface area contributed by atoms with E-state index in [4.69, 9.17) is 4.74 Å². The van der Waals surface area contributed by atoms with Gasteiger partial charge in [-0.25, -0.2) is 18.4 Å². The van der Waals surface area contributed by atoms with E-state index in [9.17, 15) is 13.2 Å². The standard InChI is InChI=1S/C26H28N8O4S/c1-4-24(35)29-18-6-5-7-20(14-18)34-17-28-22-16-27-26(31-25(22)34)30-21-9-8-19(15-23(21)38-2)32-10-12-33(13-11-32)39(3,36)37/h4-9,14-17H,1,10-13H2,2-3H3,(H,29,35)(H,27,30,31). The molecule has 0 unspecified atom stereocenters. The molecule has 0 saturated carbocycles. The number of piperazine rings is 1. The molecule has 4 aromatic rings. The topological polar surface area (TPSA) is 135 Å². The minimum atomic E-state index is -3.19. The molecule has 13 heteroatoms. The van der Waals surface area contributed by atoms with Crippen LogP contribution in [0, 0.1) is 0 Å². The molecule has 1 saturated heterocycles. The van der Waals surface area contributed by atoms with Crippen LogP contribution in [-0.4, -0.2) is 77.7 Å². The third kappa shape index (κ3) is 5.68. The number of rotatable bonds is 8. The lowest BCUT2D eigenvalue weighted by Crippen LogP contribution is -2.48. The molecular weight excluding hydrogens is 520 g/mol. The predicted octanol–water partition coefficient (Wildman–Crippen LogP) is 2.77. The molecule has 0 radical (unpaired) electrons. The minimum Gasteiger partial charge on any atom is -0.494 e. The van der Waals surface area contributed by atoms with Crippen LogP contribution in [0.15, 0.2) is 67.6 Å². The Kier molecular flexibility index (Phi) is 7.17. The summed E-state index contributed by atoms with van der Waals surface area (Å²) in [5.74, 6) is 0.654. The second-order valence-corrected chi connectivity index (χ2v) is 10.9. The Hall–Kier alpha value is -4.49. The molecule has 1 amide bonds. The third-order valence-corrected chi connectivity index (χ3v) is 7.68. The smallest absolute Gasteiger partial charge is 0.247 e. The zero-order valence-corrected chi connectivity index (χ0v) is 22.4. The van der Waals surface area contributed by atoms with Crippen molar-refractivity contribution in [3.05, 3.63) is 67.6 Å². The van der Waals surface area contributed by atoms with Crippen molar-refractivity contribution >= 4 is 50.1 Å². The third-order valence-electron chi connectivity index (χ3n) is 6.37. The van der Waals surface area contributed by atoms with E-state index in [1.807, 2.05) is 41.0 Å². The SMILES string of the molecule is C=CC(=O)Nc1cccc(-n2cnc3cnc(Nc4ccc(N5CCN(S(C)(=O)=O)CC5)cc4OC)nc32)c1. The number of anilines is 4. The Morgan fingerprint density at radius 3 is 2.59 bits per heavy atom. The highest BCUT2D eigenvalue weighted by atomic mass is 32.2. The number of nitrogens with one attached hydrogen (secondary N) is 2. The van der Waals surface area contributed by atoms with Crippen LogP contribution in [0.4, 0.5) is 23.0 Å². The minimum absolute atomic E-state index is 0.299. The molecule has 202 valence electrons. The van der Waals surface area contributed by atoms with Crippen LogP contribution in [0.5, 0.6) is 5.75 Å². The Labute approximate surface area is 226 Å². The van der Waals surface area contributed by atoms with Crippen LogP contribution in [-0.2, 0) is 14.8 Å². The number of hydrogen-bond donors (Lipinski definition) is 2. The van der Waals surface area contributed by atoms with Crippen molar-refractivity contribution in [3.8, 4) is 11.4 Å². The van der Waals surface area contributed by atoms with Gasteiger partial charge in [0.05, 0.1) is 30.9 Å². The summed E-state index contributed by atoms with van der Waals surface area (Å²) in [5, 5.41) is 5.98. The number of imidazole rings is 1. The zero-order chi connectivity index (χ0) is 27.6. The number of aromatic nitrogens is 4. The number of carbonyl (C=O) groups excluding carboxylic acids is 1. The second-order valence-electron chi connectivity index (χ2n) is 8.92. The molecule has 0 aliphatic carbocycles. The van der Waals surface area contributed by atoms with Gasteiger partial charge in [-0.15, -0.1) is 0 Å². The maximum atomic E-state index is 11.8. The average molecular weight is 549 g/mol. The Morgan fingerprint density at radius 1 is 1.08 bits per heavy atom. The first kappa shape index (κ1) is 26.1. The van der Waals surface area contributed by atoms with Gasteiger partial charge in [0.15, 0.2) is 5.65 Å². The summed E-state index contributed by atoms with van der Waals surface area (Å²) in [7, 11) is -1.61. The Morgan fingerprint density at radius 2 is 1.87 bits per heavy atom. The zero-order valence-electron chi connectivity index (χ0n) is 21.5. The number of sulfonamides is 1. The number of methoxy groups -OCH3 is 1. The van der Waals surface area contributed by atoms with Crippen LogP contribution in [0.2, 0.25) is 0 Å². The van der Waals surface area contributed by atoms with Gasteiger partial charge in [0, 0.05) is 43.6 Å². The second kappa shape index (κ2) is 10.7. The highest BCUT2D eigenvalue weighted by Gasteiger charge is 2.24. The van der Waals surface area contributed by atoms with Gasteiger partial charge in [0.25, 0.3) is 0 Å². The van der Waals surface area contributed by atoms with Crippen molar-refractivity contribution in [2.75, 3.05) is 55.1 Å². The summed E-state index contributed by atoms with van der Waals surface area (Å²) in [6, 6.07) is 13.1. The van der Waals surface area contributed by atoms with Crippen LogP contribution in [0.1, 0.15) is 0 Å². The van der Waals surface area contributed by atoms with Gasteiger partial charge < -0.3 is 20.3 Å².